The molecular weight excluding hydrogens is 323 g/mol. The van der Waals surface area contributed by atoms with Gasteiger partial charge in [0.15, 0.2) is 0 Å². The van der Waals surface area contributed by atoms with Gasteiger partial charge in [0, 0.05) is 6.54 Å². The molecule has 1 fully saturated rings. The summed E-state index contributed by atoms with van der Waals surface area (Å²) in [4.78, 5) is 11.7. The Labute approximate surface area is 120 Å². The van der Waals surface area contributed by atoms with Gasteiger partial charge in [0.2, 0.25) is 5.91 Å². The lowest BCUT2D eigenvalue weighted by Crippen LogP contribution is -2.40. The van der Waals surface area contributed by atoms with Gasteiger partial charge in [0.25, 0.3) is 0 Å². The summed E-state index contributed by atoms with van der Waals surface area (Å²) in [6.45, 7) is 1.26. The van der Waals surface area contributed by atoms with E-state index in [1.165, 1.54) is 6.07 Å². The van der Waals surface area contributed by atoms with Crippen LogP contribution in [0.1, 0.15) is 18.4 Å². The lowest BCUT2D eigenvalue weighted by molar-refractivity contribution is -0.122. The molecule has 3 nitrogen and oxygen atoms in total. The molecular formula is C12H15BrClFN2O. The summed E-state index contributed by atoms with van der Waals surface area (Å²) in [5, 5.41) is 5.92. The molecule has 0 aliphatic carbocycles. The fourth-order valence-electron chi connectivity index (χ4n) is 1.87. The molecule has 0 spiro atoms. The van der Waals surface area contributed by atoms with Gasteiger partial charge < -0.3 is 10.6 Å². The van der Waals surface area contributed by atoms with Gasteiger partial charge in [0.1, 0.15) is 5.82 Å². The Bertz CT molecular complexity index is 425. The number of halogens is 3. The molecule has 1 atom stereocenters. The van der Waals surface area contributed by atoms with E-state index in [0.717, 1.165) is 24.9 Å². The maximum atomic E-state index is 13.2. The van der Waals surface area contributed by atoms with Crippen LogP contribution in [0.2, 0.25) is 0 Å². The van der Waals surface area contributed by atoms with Crippen molar-refractivity contribution in [1.29, 1.82) is 0 Å². The number of hydrogen-bond donors (Lipinski definition) is 2. The maximum absolute atomic E-state index is 13.2. The summed E-state index contributed by atoms with van der Waals surface area (Å²) in [5.74, 6) is -0.318. The first-order valence-corrected chi connectivity index (χ1v) is 6.41. The van der Waals surface area contributed by atoms with E-state index < -0.39 is 0 Å². The van der Waals surface area contributed by atoms with Crippen molar-refractivity contribution in [2.75, 3.05) is 6.54 Å². The summed E-state index contributed by atoms with van der Waals surface area (Å²) in [6.07, 6.45) is 1.91. The molecule has 1 aliphatic heterocycles. The average Bonchev–Trinajstić information content (AvgIpc) is 2.84. The third-order valence-corrected chi connectivity index (χ3v) is 3.47. The van der Waals surface area contributed by atoms with Crippen LogP contribution in [0.15, 0.2) is 22.7 Å². The van der Waals surface area contributed by atoms with Crippen molar-refractivity contribution in [3.8, 4) is 0 Å². The highest BCUT2D eigenvalue weighted by molar-refractivity contribution is 9.10. The highest BCUT2D eigenvalue weighted by Gasteiger charge is 2.21. The predicted octanol–water partition coefficient (Wildman–Crippen LogP) is 2.38. The molecule has 1 saturated heterocycles. The number of hydrogen-bond acceptors (Lipinski definition) is 2. The molecule has 0 aromatic heterocycles. The molecule has 2 rings (SSSR count). The summed E-state index contributed by atoms with van der Waals surface area (Å²) >= 11 is 3.09. The molecule has 0 bridgehead atoms. The van der Waals surface area contributed by atoms with Gasteiger partial charge in [0.05, 0.1) is 10.5 Å². The lowest BCUT2D eigenvalue weighted by Gasteiger charge is -2.11. The second-order valence-electron chi connectivity index (χ2n) is 4.12. The molecule has 6 heteroatoms. The lowest BCUT2D eigenvalue weighted by atomic mass is 10.2. The van der Waals surface area contributed by atoms with Crippen LogP contribution in [0.25, 0.3) is 0 Å². The maximum Gasteiger partial charge on any atom is 0.237 e. The van der Waals surface area contributed by atoms with E-state index in [0.29, 0.717) is 11.0 Å². The topological polar surface area (TPSA) is 41.1 Å². The number of carbonyl (C=O) groups excluding carboxylic acids is 1. The number of carbonyl (C=O) groups is 1. The van der Waals surface area contributed by atoms with Gasteiger partial charge in [-0.1, -0.05) is 6.07 Å². The van der Waals surface area contributed by atoms with Crippen LogP contribution in [0, 0.1) is 5.82 Å². The second-order valence-corrected chi connectivity index (χ2v) is 4.97. The highest BCUT2D eigenvalue weighted by atomic mass is 79.9. The predicted molar refractivity (Wildman–Crippen MR) is 74.2 cm³/mol. The Balaban J connectivity index is 0.00000162. The van der Waals surface area contributed by atoms with Crippen molar-refractivity contribution in [3.05, 3.63) is 34.1 Å². The first kappa shape index (κ1) is 15.4. The Morgan fingerprint density at radius 3 is 2.94 bits per heavy atom. The molecule has 1 aromatic carbocycles. The zero-order valence-corrected chi connectivity index (χ0v) is 12.1. The van der Waals surface area contributed by atoms with E-state index in [1.54, 1.807) is 12.1 Å². The number of amides is 1. The van der Waals surface area contributed by atoms with Crippen LogP contribution in [-0.2, 0) is 11.3 Å². The number of nitrogens with one attached hydrogen (secondary N) is 2. The minimum Gasteiger partial charge on any atom is -0.351 e. The van der Waals surface area contributed by atoms with Crippen LogP contribution < -0.4 is 10.6 Å². The van der Waals surface area contributed by atoms with E-state index >= 15 is 0 Å². The summed E-state index contributed by atoms with van der Waals surface area (Å²) in [5.41, 5.74) is 0.761. The molecule has 1 aliphatic rings. The third-order valence-electron chi connectivity index (χ3n) is 2.83. The largest absolute Gasteiger partial charge is 0.351 e. The summed E-state index contributed by atoms with van der Waals surface area (Å²) in [6, 6.07) is 4.77. The minimum absolute atomic E-state index is 0. The SMILES string of the molecule is Cl.O=C(NCc1ccc(Br)c(F)c1)C1CCCN1. The molecule has 1 aromatic rings. The van der Waals surface area contributed by atoms with E-state index in [1.807, 2.05) is 0 Å². The first-order chi connectivity index (χ1) is 8.16. The van der Waals surface area contributed by atoms with E-state index in [2.05, 4.69) is 26.6 Å². The number of benzene rings is 1. The van der Waals surface area contributed by atoms with E-state index in [4.69, 9.17) is 0 Å². The van der Waals surface area contributed by atoms with Gasteiger partial charge in [-0.3, -0.25) is 4.79 Å². The monoisotopic (exact) mass is 336 g/mol. The van der Waals surface area contributed by atoms with Gasteiger partial charge in [-0.05, 0) is 53.0 Å². The third kappa shape index (κ3) is 3.93. The zero-order valence-electron chi connectivity index (χ0n) is 9.71. The van der Waals surface area contributed by atoms with E-state index in [-0.39, 0.29) is 30.2 Å². The number of rotatable bonds is 3. The fraction of sp³-hybridized carbons (Fsp3) is 0.417. The Kier molecular flexibility index (Phi) is 6.05. The summed E-state index contributed by atoms with van der Waals surface area (Å²) in [7, 11) is 0. The van der Waals surface area contributed by atoms with Crippen molar-refractivity contribution < 1.29 is 9.18 Å². The van der Waals surface area contributed by atoms with Crippen molar-refractivity contribution in [1.82, 2.24) is 10.6 Å². The fourth-order valence-corrected chi connectivity index (χ4v) is 2.12. The molecule has 0 saturated carbocycles. The smallest absolute Gasteiger partial charge is 0.237 e. The van der Waals surface area contributed by atoms with Crippen LogP contribution in [0.5, 0.6) is 0 Å². The molecule has 18 heavy (non-hydrogen) atoms. The molecule has 1 unspecified atom stereocenters. The van der Waals surface area contributed by atoms with Gasteiger partial charge in [-0.2, -0.15) is 0 Å². The van der Waals surface area contributed by atoms with E-state index in [9.17, 15) is 9.18 Å². The highest BCUT2D eigenvalue weighted by Crippen LogP contribution is 2.16. The van der Waals surface area contributed by atoms with Crippen LogP contribution >= 0.6 is 28.3 Å². The first-order valence-electron chi connectivity index (χ1n) is 5.62. The summed E-state index contributed by atoms with van der Waals surface area (Å²) < 4.78 is 13.7. The van der Waals surface area contributed by atoms with Crippen LogP contribution in [-0.4, -0.2) is 18.5 Å². The molecule has 0 radical (unpaired) electrons. The molecule has 2 N–H and O–H groups in total. The Morgan fingerprint density at radius 2 is 2.33 bits per heavy atom. The average molecular weight is 338 g/mol. The quantitative estimate of drug-likeness (QED) is 0.889. The van der Waals surface area contributed by atoms with Crippen molar-refractivity contribution in [2.24, 2.45) is 0 Å². The van der Waals surface area contributed by atoms with Crippen LogP contribution in [0.4, 0.5) is 4.39 Å². The van der Waals surface area contributed by atoms with Crippen molar-refractivity contribution >= 4 is 34.2 Å². The van der Waals surface area contributed by atoms with Crippen LogP contribution in [0.3, 0.4) is 0 Å². The molecule has 1 heterocycles. The van der Waals surface area contributed by atoms with Gasteiger partial charge in [-0.25, -0.2) is 4.39 Å². The van der Waals surface area contributed by atoms with Gasteiger partial charge in [-0.15, -0.1) is 12.4 Å². The normalized spacial score (nSPS) is 18.2. The zero-order chi connectivity index (χ0) is 12.3. The second kappa shape index (κ2) is 7.07. The molecule has 100 valence electrons. The Morgan fingerprint density at radius 1 is 1.56 bits per heavy atom. The molecule has 1 amide bonds. The van der Waals surface area contributed by atoms with Crippen molar-refractivity contribution in [2.45, 2.75) is 25.4 Å². The Hall–Kier alpha value is -0.650. The van der Waals surface area contributed by atoms with Crippen molar-refractivity contribution in [3.63, 3.8) is 0 Å². The minimum atomic E-state index is -0.309. The standard InChI is InChI=1S/C12H14BrFN2O.ClH/c13-9-4-3-8(6-10(9)14)7-16-12(17)11-2-1-5-15-11;/h3-4,6,11,15H,1-2,5,7H2,(H,16,17);1H. The van der Waals surface area contributed by atoms with Gasteiger partial charge >= 0.3 is 0 Å².